The highest BCUT2D eigenvalue weighted by Gasteiger charge is 2.00. The SMILES string of the molecule is COc1ccc(Cc2ccc(C(C)C)cc2)cc1. The number of rotatable bonds is 4. The van der Waals surface area contributed by atoms with Crippen LogP contribution < -0.4 is 4.74 Å². The normalized spacial score (nSPS) is 10.7. The zero-order chi connectivity index (χ0) is 13.0. The molecule has 94 valence electrons. The molecule has 0 saturated heterocycles. The molecule has 2 rings (SSSR count). The van der Waals surface area contributed by atoms with Gasteiger partial charge in [0.25, 0.3) is 0 Å². The van der Waals surface area contributed by atoms with E-state index in [4.69, 9.17) is 4.74 Å². The molecular formula is C17H20O. The van der Waals surface area contributed by atoms with Crippen molar-refractivity contribution in [1.29, 1.82) is 0 Å². The third-order valence-electron chi connectivity index (χ3n) is 3.21. The van der Waals surface area contributed by atoms with Gasteiger partial charge in [0.05, 0.1) is 7.11 Å². The first-order valence-corrected chi connectivity index (χ1v) is 6.41. The second-order valence-corrected chi connectivity index (χ2v) is 4.92. The van der Waals surface area contributed by atoms with E-state index in [1.54, 1.807) is 7.11 Å². The number of hydrogen-bond donors (Lipinski definition) is 0. The van der Waals surface area contributed by atoms with Gasteiger partial charge in [0.15, 0.2) is 0 Å². The van der Waals surface area contributed by atoms with E-state index in [1.165, 1.54) is 16.7 Å². The van der Waals surface area contributed by atoms with Crippen LogP contribution in [-0.2, 0) is 6.42 Å². The highest BCUT2D eigenvalue weighted by molar-refractivity contribution is 5.33. The van der Waals surface area contributed by atoms with Gasteiger partial charge in [0.2, 0.25) is 0 Å². The molecule has 18 heavy (non-hydrogen) atoms. The summed E-state index contributed by atoms with van der Waals surface area (Å²) < 4.78 is 5.16. The molecule has 0 atom stereocenters. The molecule has 0 unspecified atom stereocenters. The van der Waals surface area contributed by atoms with Crippen LogP contribution in [0.1, 0.15) is 36.5 Å². The Morgan fingerprint density at radius 2 is 1.33 bits per heavy atom. The summed E-state index contributed by atoms with van der Waals surface area (Å²) in [5.41, 5.74) is 4.06. The molecule has 0 amide bonds. The van der Waals surface area contributed by atoms with Gasteiger partial charge in [0, 0.05) is 0 Å². The molecule has 2 aromatic carbocycles. The smallest absolute Gasteiger partial charge is 0.118 e. The lowest BCUT2D eigenvalue weighted by Crippen LogP contribution is -1.91. The lowest BCUT2D eigenvalue weighted by molar-refractivity contribution is 0.414. The maximum atomic E-state index is 5.16. The summed E-state index contributed by atoms with van der Waals surface area (Å²) in [5.74, 6) is 1.51. The number of hydrogen-bond acceptors (Lipinski definition) is 1. The monoisotopic (exact) mass is 240 g/mol. The van der Waals surface area contributed by atoms with Crippen molar-refractivity contribution >= 4 is 0 Å². The zero-order valence-electron chi connectivity index (χ0n) is 11.3. The van der Waals surface area contributed by atoms with Gasteiger partial charge in [-0.25, -0.2) is 0 Å². The fourth-order valence-corrected chi connectivity index (χ4v) is 2.00. The lowest BCUT2D eigenvalue weighted by atomic mass is 9.99. The van der Waals surface area contributed by atoms with Crippen molar-refractivity contribution in [2.75, 3.05) is 7.11 Å². The Hall–Kier alpha value is -1.76. The molecule has 0 aliphatic carbocycles. The molecule has 0 saturated carbocycles. The zero-order valence-corrected chi connectivity index (χ0v) is 11.3. The van der Waals surface area contributed by atoms with Gasteiger partial charge in [-0.15, -0.1) is 0 Å². The van der Waals surface area contributed by atoms with Crippen molar-refractivity contribution in [3.05, 3.63) is 65.2 Å². The summed E-state index contributed by atoms with van der Waals surface area (Å²) in [5, 5.41) is 0. The molecule has 2 aromatic rings. The minimum absolute atomic E-state index is 0.597. The topological polar surface area (TPSA) is 9.23 Å². The molecule has 0 bridgehead atoms. The van der Waals surface area contributed by atoms with Crippen LogP contribution in [0.15, 0.2) is 48.5 Å². The molecule has 0 aliphatic heterocycles. The molecule has 0 spiro atoms. The van der Waals surface area contributed by atoms with E-state index >= 15 is 0 Å². The molecule has 0 aliphatic rings. The lowest BCUT2D eigenvalue weighted by Gasteiger charge is -2.07. The predicted molar refractivity (Wildman–Crippen MR) is 76.3 cm³/mol. The quantitative estimate of drug-likeness (QED) is 0.769. The van der Waals surface area contributed by atoms with Crippen molar-refractivity contribution in [2.45, 2.75) is 26.2 Å². The molecular weight excluding hydrogens is 220 g/mol. The molecule has 0 heterocycles. The molecule has 0 fully saturated rings. The average Bonchev–Trinajstić information content (AvgIpc) is 2.40. The van der Waals surface area contributed by atoms with Crippen molar-refractivity contribution in [1.82, 2.24) is 0 Å². The molecule has 0 radical (unpaired) electrons. The van der Waals surface area contributed by atoms with Crippen LogP contribution in [0.25, 0.3) is 0 Å². The Balaban J connectivity index is 2.08. The standard InChI is InChI=1S/C17H20O/c1-13(2)16-8-4-14(5-9-16)12-15-6-10-17(18-3)11-7-15/h4-11,13H,12H2,1-3H3. The van der Waals surface area contributed by atoms with Crippen LogP contribution >= 0.6 is 0 Å². The first-order valence-electron chi connectivity index (χ1n) is 6.41. The Morgan fingerprint density at radius 3 is 1.78 bits per heavy atom. The van der Waals surface area contributed by atoms with Crippen LogP contribution in [-0.4, -0.2) is 7.11 Å². The van der Waals surface area contributed by atoms with E-state index in [-0.39, 0.29) is 0 Å². The van der Waals surface area contributed by atoms with Crippen molar-refractivity contribution < 1.29 is 4.74 Å². The maximum absolute atomic E-state index is 5.16. The summed E-state index contributed by atoms with van der Waals surface area (Å²) in [6, 6.07) is 17.2. The third kappa shape index (κ3) is 3.13. The molecule has 1 heteroatoms. The van der Waals surface area contributed by atoms with Gasteiger partial charge >= 0.3 is 0 Å². The Bertz CT molecular complexity index is 480. The largest absolute Gasteiger partial charge is 0.497 e. The van der Waals surface area contributed by atoms with Crippen LogP contribution in [0.4, 0.5) is 0 Å². The van der Waals surface area contributed by atoms with E-state index in [9.17, 15) is 0 Å². The Kier molecular flexibility index (Phi) is 4.03. The van der Waals surface area contributed by atoms with Crippen LogP contribution in [0.5, 0.6) is 5.75 Å². The number of ether oxygens (including phenoxy) is 1. The minimum Gasteiger partial charge on any atom is -0.497 e. The fourth-order valence-electron chi connectivity index (χ4n) is 2.00. The predicted octanol–water partition coefficient (Wildman–Crippen LogP) is 4.41. The fraction of sp³-hybridized carbons (Fsp3) is 0.294. The highest BCUT2D eigenvalue weighted by atomic mass is 16.5. The molecule has 1 nitrogen and oxygen atoms in total. The van der Waals surface area contributed by atoms with E-state index in [2.05, 4.69) is 50.2 Å². The molecule has 0 aromatic heterocycles. The first kappa shape index (κ1) is 12.7. The Morgan fingerprint density at radius 1 is 0.833 bits per heavy atom. The van der Waals surface area contributed by atoms with Gasteiger partial charge in [-0.2, -0.15) is 0 Å². The number of methoxy groups -OCH3 is 1. The average molecular weight is 240 g/mol. The van der Waals surface area contributed by atoms with Gasteiger partial charge in [-0.1, -0.05) is 50.2 Å². The summed E-state index contributed by atoms with van der Waals surface area (Å²) in [7, 11) is 1.69. The van der Waals surface area contributed by atoms with Crippen LogP contribution in [0.3, 0.4) is 0 Å². The van der Waals surface area contributed by atoms with E-state index < -0.39 is 0 Å². The van der Waals surface area contributed by atoms with Crippen LogP contribution in [0.2, 0.25) is 0 Å². The van der Waals surface area contributed by atoms with Crippen molar-refractivity contribution in [3.63, 3.8) is 0 Å². The van der Waals surface area contributed by atoms with Crippen molar-refractivity contribution in [2.24, 2.45) is 0 Å². The second-order valence-electron chi connectivity index (χ2n) is 4.92. The molecule has 0 N–H and O–H groups in total. The summed E-state index contributed by atoms with van der Waals surface area (Å²) in [6.45, 7) is 4.44. The van der Waals surface area contributed by atoms with E-state index in [0.717, 1.165) is 12.2 Å². The third-order valence-corrected chi connectivity index (χ3v) is 3.21. The van der Waals surface area contributed by atoms with Crippen molar-refractivity contribution in [3.8, 4) is 5.75 Å². The second kappa shape index (κ2) is 5.72. The summed E-state index contributed by atoms with van der Waals surface area (Å²) in [4.78, 5) is 0. The van der Waals surface area contributed by atoms with Gasteiger partial charge < -0.3 is 4.74 Å². The Labute approximate surface area is 109 Å². The van der Waals surface area contributed by atoms with E-state index in [0.29, 0.717) is 5.92 Å². The van der Waals surface area contributed by atoms with Gasteiger partial charge in [-0.3, -0.25) is 0 Å². The maximum Gasteiger partial charge on any atom is 0.118 e. The number of benzene rings is 2. The van der Waals surface area contributed by atoms with Crippen LogP contribution in [0, 0.1) is 0 Å². The van der Waals surface area contributed by atoms with Gasteiger partial charge in [-0.05, 0) is 41.2 Å². The van der Waals surface area contributed by atoms with E-state index in [1.807, 2.05) is 12.1 Å². The highest BCUT2D eigenvalue weighted by Crippen LogP contribution is 2.18. The first-order chi connectivity index (χ1) is 8.69. The summed E-state index contributed by atoms with van der Waals surface area (Å²) >= 11 is 0. The van der Waals surface area contributed by atoms with Gasteiger partial charge in [0.1, 0.15) is 5.75 Å². The minimum atomic E-state index is 0.597. The summed E-state index contributed by atoms with van der Waals surface area (Å²) in [6.07, 6.45) is 0.975.